The molecule has 3 N–H and O–H groups in total. The Morgan fingerprint density at radius 3 is 1.46 bits per heavy atom. The van der Waals surface area contributed by atoms with Gasteiger partial charge in [0.2, 0.25) is 0 Å². The Hall–Kier alpha value is -1.40. The van der Waals surface area contributed by atoms with Crippen molar-refractivity contribution in [3.8, 4) is 0 Å². The van der Waals surface area contributed by atoms with Gasteiger partial charge in [-0.25, -0.2) is 0 Å². The van der Waals surface area contributed by atoms with Crippen molar-refractivity contribution in [1.29, 1.82) is 0 Å². The lowest BCUT2D eigenvalue weighted by atomic mass is 9.89. The lowest BCUT2D eigenvalue weighted by Crippen LogP contribution is -2.37. The largest absolute Gasteiger partial charge is 0.393 e. The van der Waals surface area contributed by atoms with Gasteiger partial charge in [0.05, 0.1) is 6.10 Å². The van der Waals surface area contributed by atoms with Crippen LogP contribution in [0.5, 0.6) is 0 Å². The third-order valence-electron chi connectivity index (χ3n) is 10.1. The SMILES string of the molecule is CCCCCCCCC(CCCCCCCC)CCCCCCCN(CCCCCC(O)CC)CCCNc1c(NC)c(=O)c1=O. The van der Waals surface area contributed by atoms with Crippen LogP contribution in [0.2, 0.25) is 0 Å². The highest BCUT2D eigenvalue weighted by atomic mass is 16.3. The van der Waals surface area contributed by atoms with Gasteiger partial charge in [-0.15, -0.1) is 0 Å². The summed E-state index contributed by atoms with van der Waals surface area (Å²) in [6.45, 7) is 10.6. The van der Waals surface area contributed by atoms with Crippen LogP contribution in [0.1, 0.15) is 188 Å². The van der Waals surface area contributed by atoms with Crippen LogP contribution in [0.4, 0.5) is 11.4 Å². The molecule has 0 amide bonds. The topological polar surface area (TPSA) is 81.7 Å². The Kier molecular flexibility index (Phi) is 27.5. The van der Waals surface area contributed by atoms with Crippen molar-refractivity contribution in [3.05, 3.63) is 20.4 Å². The summed E-state index contributed by atoms with van der Waals surface area (Å²) in [6.07, 6.45) is 34.0. The van der Waals surface area contributed by atoms with Gasteiger partial charge in [0.25, 0.3) is 10.9 Å². The first kappa shape index (κ1) is 42.6. The quantitative estimate of drug-likeness (QED) is 0.0502. The number of nitrogens with one attached hydrogen (secondary N) is 2. The second-order valence-electron chi connectivity index (χ2n) is 14.2. The van der Waals surface area contributed by atoms with Gasteiger partial charge >= 0.3 is 0 Å². The first-order chi connectivity index (χ1) is 22.5. The first-order valence-electron chi connectivity index (χ1n) is 20.1. The van der Waals surface area contributed by atoms with Crippen molar-refractivity contribution in [2.45, 2.75) is 194 Å². The molecule has 1 aromatic carbocycles. The van der Waals surface area contributed by atoms with Crippen molar-refractivity contribution < 1.29 is 5.11 Å². The molecule has 0 saturated carbocycles. The Labute approximate surface area is 285 Å². The zero-order valence-corrected chi connectivity index (χ0v) is 31.1. The predicted octanol–water partition coefficient (Wildman–Crippen LogP) is 10.2. The molecule has 0 saturated heterocycles. The van der Waals surface area contributed by atoms with E-state index in [1.807, 2.05) is 6.92 Å². The minimum atomic E-state index is -0.411. The van der Waals surface area contributed by atoms with Gasteiger partial charge in [0.1, 0.15) is 11.4 Å². The van der Waals surface area contributed by atoms with Crippen LogP contribution < -0.4 is 21.5 Å². The number of rotatable bonds is 35. The third-order valence-corrected chi connectivity index (χ3v) is 10.1. The maximum absolute atomic E-state index is 11.9. The van der Waals surface area contributed by atoms with Crippen molar-refractivity contribution >= 4 is 11.4 Å². The lowest BCUT2D eigenvalue weighted by Gasteiger charge is -2.23. The second-order valence-corrected chi connectivity index (χ2v) is 14.2. The average Bonchev–Trinajstić information content (AvgIpc) is 3.07. The Balaban J connectivity index is 2.36. The van der Waals surface area contributed by atoms with Crippen molar-refractivity contribution in [2.24, 2.45) is 5.92 Å². The minimum absolute atomic E-state index is 0.151. The molecule has 1 atom stereocenters. The monoisotopic (exact) mass is 648 g/mol. The number of anilines is 2. The van der Waals surface area contributed by atoms with Crippen LogP contribution in [0.25, 0.3) is 0 Å². The summed E-state index contributed by atoms with van der Waals surface area (Å²) >= 11 is 0. The van der Waals surface area contributed by atoms with E-state index < -0.39 is 10.9 Å². The molecule has 6 heteroatoms. The van der Waals surface area contributed by atoms with Crippen LogP contribution in [-0.2, 0) is 0 Å². The minimum Gasteiger partial charge on any atom is -0.393 e. The van der Waals surface area contributed by atoms with Crippen LogP contribution in [0, 0.1) is 5.92 Å². The van der Waals surface area contributed by atoms with E-state index in [-0.39, 0.29) is 6.10 Å². The highest BCUT2D eigenvalue weighted by molar-refractivity contribution is 5.73. The molecule has 0 aliphatic heterocycles. The molecule has 0 aromatic heterocycles. The fourth-order valence-electron chi connectivity index (χ4n) is 6.91. The van der Waals surface area contributed by atoms with E-state index in [9.17, 15) is 14.7 Å². The summed E-state index contributed by atoms with van der Waals surface area (Å²) in [5, 5.41) is 15.9. The van der Waals surface area contributed by atoms with E-state index in [0.717, 1.165) is 51.2 Å². The molecule has 0 bridgehead atoms. The molecular weight excluding hydrogens is 570 g/mol. The fraction of sp³-hybridized carbons (Fsp3) is 0.900. The van der Waals surface area contributed by atoms with Crippen LogP contribution in [0.3, 0.4) is 0 Å². The van der Waals surface area contributed by atoms with Crippen LogP contribution in [-0.4, -0.2) is 49.3 Å². The van der Waals surface area contributed by atoms with Gasteiger partial charge in [0, 0.05) is 13.6 Å². The number of hydrogen-bond acceptors (Lipinski definition) is 6. The molecule has 0 aliphatic carbocycles. The van der Waals surface area contributed by atoms with E-state index >= 15 is 0 Å². The molecule has 46 heavy (non-hydrogen) atoms. The number of hydrogen-bond donors (Lipinski definition) is 3. The number of unbranched alkanes of at least 4 members (excludes halogenated alkanes) is 16. The fourth-order valence-corrected chi connectivity index (χ4v) is 6.91. The Bertz CT molecular complexity index is 866. The normalized spacial score (nSPS) is 12.5. The zero-order chi connectivity index (χ0) is 33.7. The highest BCUT2D eigenvalue weighted by Gasteiger charge is 2.19. The summed E-state index contributed by atoms with van der Waals surface area (Å²) in [4.78, 5) is 26.1. The van der Waals surface area contributed by atoms with Gasteiger partial charge < -0.3 is 20.6 Å². The van der Waals surface area contributed by atoms with E-state index in [1.165, 1.54) is 141 Å². The van der Waals surface area contributed by atoms with Gasteiger partial charge in [0.15, 0.2) is 0 Å². The zero-order valence-electron chi connectivity index (χ0n) is 31.1. The standard InChI is InChI=1S/C40H77N3O3/c1-5-8-10-12-15-20-27-35(28-21-16-13-11-9-6-2)29-22-17-14-18-24-32-43(33-25-19-23-30-36(44)7-3)34-26-31-42-38-37(41-4)39(45)40(38)46/h35-36,41-42,44H,5-34H2,1-4H3. The molecule has 0 aliphatic rings. The van der Waals surface area contributed by atoms with Gasteiger partial charge in [-0.05, 0) is 57.7 Å². The van der Waals surface area contributed by atoms with Gasteiger partial charge in [-0.3, -0.25) is 9.59 Å². The number of aliphatic hydroxyl groups excluding tert-OH is 1. The number of nitrogens with zero attached hydrogens (tertiary/aromatic N) is 1. The molecule has 1 rings (SSSR count). The lowest BCUT2D eigenvalue weighted by molar-refractivity contribution is 0.155. The summed E-state index contributed by atoms with van der Waals surface area (Å²) in [6, 6.07) is 0. The predicted molar refractivity (Wildman–Crippen MR) is 202 cm³/mol. The van der Waals surface area contributed by atoms with E-state index in [0.29, 0.717) is 17.9 Å². The summed E-state index contributed by atoms with van der Waals surface area (Å²) in [5.74, 6) is 0.952. The molecule has 6 nitrogen and oxygen atoms in total. The molecule has 0 radical (unpaired) electrons. The summed E-state index contributed by atoms with van der Waals surface area (Å²) < 4.78 is 0. The first-order valence-corrected chi connectivity index (χ1v) is 20.1. The van der Waals surface area contributed by atoms with Gasteiger partial charge in [-0.1, -0.05) is 156 Å². The summed E-state index contributed by atoms with van der Waals surface area (Å²) in [7, 11) is 1.69. The Morgan fingerprint density at radius 1 is 0.543 bits per heavy atom. The smallest absolute Gasteiger partial charge is 0.253 e. The number of aliphatic hydroxyl groups is 1. The van der Waals surface area contributed by atoms with Crippen LogP contribution >= 0.6 is 0 Å². The second kappa shape index (κ2) is 29.7. The van der Waals surface area contributed by atoms with E-state index in [2.05, 4.69) is 29.4 Å². The molecular formula is C40H77N3O3. The average molecular weight is 648 g/mol. The molecule has 0 spiro atoms. The molecule has 270 valence electrons. The van der Waals surface area contributed by atoms with Crippen LogP contribution in [0.15, 0.2) is 9.59 Å². The van der Waals surface area contributed by atoms with E-state index in [1.54, 1.807) is 7.05 Å². The van der Waals surface area contributed by atoms with E-state index in [4.69, 9.17) is 0 Å². The molecule has 1 aromatic rings. The molecule has 0 heterocycles. The van der Waals surface area contributed by atoms with Crippen molar-refractivity contribution in [1.82, 2.24) is 4.90 Å². The Morgan fingerprint density at radius 2 is 0.957 bits per heavy atom. The van der Waals surface area contributed by atoms with Gasteiger partial charge in [-0.2, -0.15) is 0 Å². The molecule has 1 unspecified atom stereocenters. The molecule has 0 fully saturated rings. The maximum Gasteiger partial charge on any atom is 0.253 e. The van der Waals surface area contributed by atoms with Crippen molar-refractivity contribution in [3.63, 3.8) is 0 Å². The van der Waals surface area contributed by atoms with Crippen molar-refractivity contribution in [2.75, 3.05) is 43.9 Å². The highest BCUT2D eigenvalue weighted by Crippen LogP contribution is 2.25. The summed E-state index contributed by atoms with van der Waals surface area (Å²) in [5.41, 5.74) is 0.0690. The third kappa shape index (κ3) is 20.8. The maximum atomic E-state index is 11.9.